The standard InChI is InChI=1S/C13H24N2O3S2/c1-5-14-8-12-7-13(19-10-12)20(16,17)15(6-2)11(3)9-18-4/h7,10-11,14H,5-6,8-9H2,1-4H3. The second-order valence-electron chi connectivity index (χ2n) is 4.57. The molecule has 0 saturated carbocycles. The first-order valence-corrected chi connectivity index (χ1v) is 9.08. The zero-order chi connectivity index (χ0) is 15.2. The van der Waals surface area contributed by atoms with Gasteiger partial charge in [0.05, 0.1) is 6.61 Å². The molecular formula is C13H24N2O3S2. The second kappa shape index (κ2) is 8.09. The van der Waals surface area contributed by atoms with Crippen LogP contribution in [0.5, 0.6) is 0 Å². The Morgan fingerprint density at radius 2 is 2.15 bits per heavy atom. The number of ether oxygens (including phenoxy) is 1. The van der Waals surface area contributed by atoms with Crippen molar-refractivity contribution in [2.45, 2.75) is 37.6 Å². The molecule has 1 unspecified atom stereocenters. The normalized spacial score (nSPS) is 13.8. The predicted octanol–water partition coefficient (Wildman–Crippen LogP) is 1.90. The Labute approximate surface area is 126 Å². The molecule has 0 radical (unpaired) electrons. The third kappa shape index (κ3) is 4.26. The lowest BCUT2D eigenvalue weighted by molar-refractivity contribution is 0.143. The maximum absolute atomic E-state index is 12.6. The van der Waals surface area contributed by atoms with Crippen LogP contribution >= 0.6 is 11.3 Å². The molecule has 0 aromatic carbocycles. The molecule has 0 amide bonds. The number of hydrogen-bond acceptors (Lipinski definition) is 5. The van der Waals surface area contributed by atoms with E-state index >= 15 is 0 Å². The molecule has 0 aliphatic carbocycles. The molecule has 7 heteroatoms. The second-order valence-corrected chi connectivity index (χ2v) is 7.60. The summed E-state index contributed by atoms with van der Waals surface area (Å²) in [6, 6.07) is 1.58. The molecule has 1 rings (SSSR count). The van der Waals surface area contributed by atoms with Gasteiger partial charge in [-0.1, -0.05) is 13.8 Å². The SMILES string of the molecule is CCNCc1csc(S(=O)(=O)N(CC)C(C)COC)c1. The molecule has 0 spiro atoms. The number of thiophene rings is 1. The molecule has 0 saturated heterocycles. The molecular weight excluding hydrogens is 296 g/mol. The molecule has 0 aliphatic heterocycles. The number of nitrogens with zero attached hydrogens (tertiary/aromatic N) is 1. The molecule has 0 fully saturated rings. The summed E-state index contributed by atoms with van der Waals surface area (Å²) in [5.41, 5.74) is 1.01. The highest BCUT2D eigenvalue weighted by Gasteiger charge is 2.28. The molecule has 0 aliphatic rings. The molecule has 1 atom stereocenters. The van der Waals surface area contributed by atoms with E-state index in [9.17, 15) is 8.42 Å². The molecule has 1 aromatic rings. The van der Waals surface area contributed by atoms with Gasteiger partial charge in [0.25, 0.3) is 10.0 Å². The van der Waals surface area contributed by atoms with Crippen LogP contribution in [-0.2, 0) is 21.3 Å². The summed E-state index contributed by atoms with van der Waals surface area (Å²) in [5.74, 6) is 0. The van der Waals surface area contributed by atoms with Crippen molar-refractivity contribution >= 4 is 21.4 Å². The van der Waals surface area contributed by atoms with Gasteiger partial charge in [0, 0.05) is 26.2 Å². The molecule has 1 heterocycles. The minimum Gasteiger partial charge on any atom is -0.383 e. The van der Waals surface area contributed by atoms with Crippen molar-refractivity contribution in [2.75, 3.05) is 26.8 Å². The van der Waals surface area contributed by atoms with E-state index in [1.54, 1.807) is 13.2 Å². The van der Waals surface area contributed by atoms with Gasteiger partial charge in [-0.05, 0) is 30.5 Å². The van der Waals surface area contributed by atoms with Crippen molar-refractivity contribution in [3.63, 3.8) is 0 Å². The van der Waals surface area contributed by atoms with E-state index in [-0.39, 0.29) is 6.04 Å². The Morgan fingerprint density at radius 3 is 2.70 bits per heavy atom. The van der Waals surface area contributed by atoms with Crippen LogP contribution in [0.3, 0.4) is 0 Å². The van der Waals surface area contributed by atoms with Gasteiger partial charge in [0.1, 0.15) is 4.21 Å². The topological polar surface area (TPSA) is 58.6 Å². The zero-order valence-electron chi connectivity index (χ0n) is 12.5. The van der Waals surface area contributed by atoms with Gasteiger partial charge in [0.2, 0.25) is 0 Å². The summed E-state index contributed by atoms with van der Waals surface area (Å²) in [7, 11) is -1.85. The number of nitrogens with one attached hydrogen (secondary N) is 1. The van der Waals surface area contributed by atoms with E-state index in [0.717, 1.165) is 12.1 Å². The van der Waals surface area contributed by atoms with Crippen LogP contribution in [0.2, 0.25) is 0 Å². The van der Waals surface area contributed by atoms with Crippen LogP contribution < -0.4 is 5.32 Å². The van der Waals surface area contributed by atoms with Crippen LogP contribution in [0.4, 0.5) is 0 Å². The van der Waals surface area contributed by atoms with E-state index in [4.69, 9.17) is 4.74 Å². The van der Waals surface area contributed by atoms with Crippen molar-refractivity contribution in [1.82, 2.24) is 9.62 Å². The van der Waals surface area contributed by atoms with E-state index in [0.29, 0.717) is 23.9 Å². The van der Waals surface area contributed by atoms with Gasteiger partial charge in [-0.15, -0.1) is 11.3 Å². The lowest BCUT2D eigenvalue weighted by atomic mass is 10.3. The molecule has 20 heavy (non-hydrogen) atoms. The molecule has 116 valence electrons. The summed E-state index contributed by atoms with van der Waals surface area (Å²) in [6.07, 6.45) is 0. The lowest BCUT2D eigenvalue weighted by Gasteiger charge is -2.25. The lowest BCUT2D eigenvalue weighted by Crippen LogP contribution is -2.40. The Balaban J connectivity index is 2.93. The predicted molar refractivity (Wildman–Crippen MR) is 82.6 cm³/mol. The highest BCUT2D eigenvalue weighted by molar-refractivity contribution is 7.91. The van der Waals surface area contributed by atoms with Gasteiger partial charge < -0.3 is 10.1 Å². The monoisotopic (exact) mass is 320 g/mol. The number of sulfonamides is 1. The number of rotatable bonds is 9. The molecule has 1 aromatic heterocycles. The molecule has 0 bridgehead atoms. The minimum absolute atomic E-state index is 0.172. The first-order valence-electron chi connectivity index (χ1n) is 6.76. The Morgan fingerprint density at radius 1 is 1.45 bits per heavy atom. The fourth-order valence-corrected chi connectivity index (χ4v) is 4.97. The van der Waals surface area contributed by atoms with Crippen molar-refractivity contribution in [3.8, 4) is 0 Å². The quantitative estimate of drug-likeness (QED) is 0.755. The number of hydrogen-bond donors (Lipinski definition) is 1. The average Bonchev–Trinajstić information content (AvgIpc) is 2.86. The Hall–Kier alpha value is -0.470. The molecule has 5 nitrogen and oxygen atoms in total. The zero-order valence-corrected chi connectivity index (χ0v) is 14.2. The highest BCUT2D eigenvalue weighted by Crippen LogP contribution is 2.25. The van der Waals surface area contributed by atoms with Crippen molar-refractivity contribution < 1.29 is 13.2 Å². The maximum Gasteiger partial charge on any atom is 0.252 e. The smallest absolute Gasteiger partial charge is 0.252 e. The summed E-state index contributed by atoms with van der Waals surface area (Å²) in [5, 5.41) is 5.09. The maximum atomic E-state index is 12.6. The largest absolute Gasteiger partial charge is 0.383 e. The van der Waals surface area contributed by atoms with E-state index < -0.39 is 10.0 Å². The minimum atomic E-state index is -3.43. The first-order chi connectivity index (χ1) is 9.47. The van der Waals surface area contributed by atoms with Crippen molar-refractivity contribution in [1.29, 1.82) is 0 Å². The number of likely N-dealkylation sites (N-methyl/N-ethyl adjacent to an activating group) is 1. The van der Waals surface area contributed by atoms with Gasteiger partial charge >= 0.3 is 0 Å². The Bertz CT molecular complexity index is 499. The van der Waals surface area contributed by atoms with Gasteiger partial charge in [0.15, 0.2) is 0 Å². The highest BCUT2D eigenvalue weighted by atomic mass is 32.2. The van der Waals surface area contributed by atoms with Crippen molar-refractivity contribution in [3.05, 3.63) is 17.0 Å². The third-order valence-electron chi connectivity index (χ3n) is 2.98. The van der Waals surface area contributed by atoms with Gasteiger partial charge in [-0.3, -0.25) is 0 Å². The molecule has 1 N–H and O–H groups in total. The summed E-state index contributed by atoms with van der Waals surface area (Å²) in [6.45, 7) is 8.12. The third-order valence-corrected chi connectivity index (χ3v) is 6.54. The van der Waals surface area contributed by atoms with Gasteiger partial charge in [-0.2, -0.15) is 4.31 Å². The van der Waals surface area contributed by atoms with E-state index in [1.807, 2.05) is 26.2 Å². The van der Waals surface area contributed by atoms with Crippen LogP contribution in [0, 0.1) is 0 Å². The van der Waals surface area contributed by atoms with E-state index in [2.05, 4.69) is 5.32 Å². The Kier molecular flexibility index (Phi) is 7.11. The van der Waals surface area contributed by atoms with Crippen LogP contribution in [0.25, 0.3) is 0 Å². The fourth-order valence-electron chi connectivity index (χ4n) is 2.01. The summed E-state index contributed by atoms with van der Waals surface area (Å²) >= 11 is 1.28. The fraction of sp³-hybridized carbons (Fsp3) is 0.692. The van der Waals surface area contributed by atoms with E-state index in [1.165, 1.54) is 15.6 Å². The van der Waals surface area contributed by atoms with Gasteiger partial charge in [-0.25, -0.2) is 8.42 Å². The average molecular weight is 320 g/mol. The van der Waals surface area contributed by atoms with Crippen LogP contribution in [0.15, 0.2) is 15.7 Å². The van der Waals surface area contributed by atoms with Crippen LogP contribution in [0.1, 0.15) is 26.3 Å². The number of methoxy groups -OCH3 is 1. The van der Waals surface area contributed by atoms with Crippen molar-refractivity contribution in [2.24, 2.45) is 0 Å². The summed E-state index contributed by atoms with van der Waals surface area (Å²) in [4.78, 5) is 0. The summed E-state index contributed by atoms with van der Waals surface area (Å²) < 4.78 is 32.2. The first kappa shape index (κ1) is 17.6. The van der Waals surface area contributed by atoms with Crippen LogP contribution in [-0.4, -0.2) is 45.6 Å².